The van der Waals surface area contributed by atoms with Crippen LogP contribution < -0.4 is 16.0 Å². The molecule has 12 amide bonds. The van der Waals surface area contributed by atoms with Crippen molar-refractivity contribution in [2.24, 2.45) is 11.8 Å². The molecule has 11 atom stereocenters. The maximum absolute atomic E-state index is 15.4. The molecule has 2 bridgehead atoms. The largest absolute Gasteiger partial charge is 0.422 e. The van der Waals surface area contributed by atoms with Gasteiger partial charge in [0, 0.05) is 88.9 Å². The SMILES string of the molecule is CCO[C@@H]1C[C@H]2C(=O)NC3(CCC3)C(=O)N(C)[C@@H]([C@@H](C)CC)C(=O)N(C)[C@H](C(=O)N(C)C)CC(=O)N(C)[C@@H](CC)C(=O)N[C@@H]([C@@H](C)CC)C(=O)N(C)CC(=O)N(C)[C@H]3C/C=C\CCN(C3=O)[C@@H](Cc3ccc(C(F)(F)F)cc3)C(=O)N(C)CC(=O)N[C@H](CCc3cc(F)c(C(F)(F)F)c(F)c3)C(=O)N2C1. The minimum atomic E-state index is -5.46. The number of nitrogens with zero attached hydrogens (tertiary/aromatic N) is 9. The molecular weight excluding hydrogens is 1390 g/mol. The summed E-state index contributed by atoms with van der Waals surface area (Å²) < 4.78 is 120. The molecule has 0 radical (unpaired) electrons. The second-order valence-corrected chi connectivity index (χ2v) is 28.1. The van der Waals surface area contributed by atoms with Gasteiger partial charge < -0.3 is 64.8 Å². The molecule has 3 aliphatic heterocycles. The van der Waals surface area contributed by atoms with Crippen LogP contribution in [0.4, 0.5) is 35.1 Å². The van der Waals surface area contributed by atoms with Crippen molar-refractivity contribution in [2.45, 2.75) is 197 Å². The quantitative estimate of drug-likeness (QED) is 0.177. The molecule has 0 aromatic heterocycles. The van der Waals surface area contributed by atoms with Crippen LogP contribution in [0.25, 0.3) is 0 Å². The fraction of sp³-hybridized carbons (Fsp3) is 0.639. The first-order valence-electron chi connectivity index (χ1n) is 35.4. The minimum absolute atomic E-state index is 0.0169. The minimum Gasteiger partial charge on any atom is -0.377 e. The number of likely N-dealkylation sites (N-methyl/N-ethyl adjacent to an activating group) is 7. The number of hydrogen-bond acceptors (Lipinski definition) is 13. The number of alkyl halides is 6. The zero-order valence-corrected chi connectivity index (χ0v) is 62.1. The molecule has 2 saturated heterocycles. The normalized spacial score (nSPS) is 25.8. The van der Waals surface area contributed by atoms with Gasteiger partial charge in [-0.3, -0.25) is 57.5 Å². The van der Waals surface area contributed by atoms with Crippen molar-refractivity contribution in [1.29, 1.82) is 0 Å². The Bertz CT molecular complexity index is 3530. The summed E-state index contributed by atoms with van der Waals surface area (Å²) in [4.78, 5) is 188. The van der Waals surface area contributed by atoms with Crippen molar-refractivity contribution in [3.05, 3.63) is 82.4 Å². The average Bonchev–Trinajstić information content (AvgIpc) is 1.68. The number of carbonyl (C=O) groups is 12. The van der Waals surface area contributed by atoms with Crippen molar-refractivity contribution in [2.75, 3.05) is 89.2 Å². The summed E-state index contributed by atoms with van der Waals surface area (Å²) >= 11 is 0. The number of aryl methyl sites for hydroxylation is 1. The van der Waals surface area contributed by atoms with E-state index in [2.05, 4.69) is 16.0 Å². The van der Waals surface area contributed by atoms with Gasteiger partial charge in [-0.2, -0.15) is 26.3 Å². The van der Waals surface area contributed by atoms with E-state index in [0.29, 0.717) is 25.0 Å². The third-order valence-corrected chi connectivity index (χ3v) is 20.7. The van der Waals surface area contributed by atoms with Gasteiger partial charge in [0.25, 0.3) is 0 Å². The Kier molecular flexibility index (Phi) is 29.2. The first-order chi connectivity index (χ1) is 49.1. The maximum atomic E-state index is 15.4. The van der Waals surface area contributed by atoms with Crippen LogP contribution in [-0.2, 0) is 87.5 Å². The zero-order chi connectivity index (χ0) is 78.7. The molecule has 1 saturated carbocycles. The Morgan fingerprint density at radius 2 is 1.27 bits per heavy atom. The van der Waals surface area contributed by atoms with Crippen LogP contribution >= 0.6 is 0 Å². The topological polar surface area (TPSA) is 279 Å². The average molecular weight is 1490 g/mol. The predicted octanol–water partition coefficient (Wildman–Crippen LogP) is 4.96. The Morgan fingerprint density at radius 1 is 0.657 bits per heavy atom. The summed E-state index contributed by atoms with van der Waals surface area (Å²) in [6, 6.07) is -7.45. The van der Waals surface area contributed by atoms with Gasteiger partial charge in [0.1, 0.15) is 71.1 Å². The fourth-order valence-electron chi connectivity index (χ4n) is 13.8. The summed E-state index contributed by atoms with van der Waals surface area (Å²) in [6.07, 6.45) is -9.58. The molecule has 6 rings (SSSR count). The first-order valence-corrected chi connectivity index (χ1v) is 35.4. The van der Waals surface area contributed by atoms with Crippen LogP contribution in [0.1, 0.15) is 134 Å². The summed E-state index contributed by atoms with van der Waals surface area (Å²) in [5.41, 5.74) is -5.28. The second-order valence-electron chi connectivity index (χ2n) is 28.1. The van der Waals surface area contributed by atoms with Crippen molar-refractivity contribution in [1.82, 2.24) is 60.0 Å². The van der Waals surface area contributed by atoms with E-state index in [4.69, 9.17) is 4.74 Å². The number of nitrogens with one attached hydrogen (secondary N) is 3. The van der Waals surface area contributed by atoms with Gasteiger partial charge in [-0.1, -0.05) is 71.7 Å². The lowest BCUT2D eigenvalue weighted by molar-refractivity contribution is -0.157. The van der Waals surface area contributed by atoms with Gasteiger partial charge in [0.15, 0.2) is 0 Å². The Balaban J connectivity index is 1.50. The summed E-state index contributed by atoms with van der Waals surface area (Å²) in [5, 5.41) is 8.14. The Labute approximate surface area is 607 Å². The lowest BCUT2D eigenvalue weighted by atomic mass is 9.74. The van der Waals surface area contributed by atoms with Crippen LogP contribution in [0.3, 0.4) is 0 Å². The molecule has 1 spiro atoms. The van der Waals surface area contributed by atoms with Crippen LogP contribution in [0.15, 0.2) is 48.6 Å². The van der Waals surface area contributed by atoms with E-state index in [1.165, 1.54) is 49.3 Å². The molecule has 3 fully saturated rings. The highest BCUT2D eigenvalue weighted by molar-refractivity contribution is 6.01. The van der Waals surface area contributed by atoms with E-state index in [1.54, 1.807) is 53.7 Å². The van der Waals surface area contributed by atoms with Crippen molar-refractivity contribution >= 4 is 70.9 Å². The molecule has 3 heterocycles. The van der Waals surface area contributed by atoms with Crippen molar-refractivity contribution in [3.8, 4) is 0 Å². The number of benzene rings is 2. The summed E-state index contributed by atoms with van der Waals surface area (Å²) in [7, 11) is 10.5. The lowest BCUT2D eigenvalue weighted by Gasteiger charge is -2.46. The number of halogens is 8. The molecule has 2 aromatic carbocycles. The molecule has 3 N–H and O–H groups in total. The van der Waals surface area contributed by atoms with Gasteiger partial charge in [0.2, 0.25) is 70.9 Å². The van der Waals surface area contributed by atoms with E-state index >= 15 is 37.5 Å². The predicted molar refractivity (Wildman–Crippen MR) is 367 cm³/mol. The first kappa shape index (κ1) is 85.2. The van der Waals surface area contributed by atoms with E-state index in [0.717, 1.165) is 75.4 Å². The number of amides is 12. The van der Waals surface area contributed by atoms with Gasteiger partial charge in [-0.15, -0.1) is 0 Å². The Morgan fingerprint density at radius 3 is 1.81 bits per heavy atom. The van der Waals surface area contributed by atoms with Crippen LogP contribution in [0.5, 0.6) is 0 Å². The molecule has 25 nitrogen and oxygen atoms in total. The molecule has 0 unspecified atom stereocenters. The fourth-order valence-corrected chi connectivity index (χ4v) is 13.8. The highest BCUT2D eigenvalue weighted by atomic mass is 19.4. The molecule has 4 aliphatic rings. The van der Waals surface area contributed by atoms with E-state index in [-0.39, 0.29) is 70.2 Å². The van der Waals surface area contributed by atoms with Crippen LogP contribution in [-0.4, -0.2) is 264 Å². The molecule has 2 aromatic rings. The molecule has 582 valence electrons. The van der Waals surface area contributed by atoms with Gasteiger partial charge in [0.05, 0.1) is 31.2 Å². The smallest absolute Gasteiger partial charge is 0.377 e. The summed E-state index contributed by atoms with van der Waals surface area (Å²) in [6.45, 7) is 7.89. The number of ether oxygens (including phenoxy) is 1. The number of carbonyl (C=O) groups excluding carboxylic acids is 12. The van der Waals surface area contributed by atoms with Crippen molar-refractivity contribution < 1.29 is 97.4 Å². The van der Waals surface area contributed by atoms with Gasteiger partial charge >= 0.3 is 12.4 Å². The van der Waals surface area contributed by atoms with Crippen molar-refractivity contribution in [3.63, 3.8) is 0 Å². The lowest BCUT2D eigenvalue weighted by Crippen LogP contribution is -2.68. The van der Waals surface area contributed by atoms with Crippen LogP contribution in [0.2, 0.25) is 0 Å². The zero-order valence-electron chi connectivity index (χ0n) is 62.1. The maximum Gasteiger partial charge on any atom is 0.422 e. The number of rotatable bonds is 13. The van der Waals surface area contributed by atoms with E-state index < -0.39 is 222 Å². The van der Waals surface area contributed by atoms with E-state index in [1.807, 2.05) is 0 Å². The van der Waals surface area contributed by atoms with Crippen LogP contribution in [0, 0.1) is 23.5 Å². The van der Waals surface area contributed by atoms with Gasteiger partial charge in [-0.25, -0.2) is 8.78 Å². The third kappa shape index (κ3) is 20.2. The second kappa shape index (κ2) is 36.0. The third-order valence-electron chi connectivity index (χ3n) is 20.7. The standard InChI is InChI=1S/C72H100F8N12O13/c1-15-41(5)59-67(102)86(10)40-57(95)88(12)51-23-20-19-21-32-91(66(51)101)54(35-43-24-27-45(28-25-43)71(75,76)77)65(100)85(9)39-55(93)81-49(29-26-44-33-47(73)58(48(74)34-44)72(78,79)80)63(98)92-38-46(105-18-4)36-52(92)62(97)83-70(30-22-31-70)69(104)90(14)60(42(6)16-2)68(103)89(13)53(64(99)84(7)8)37-56(94)87(11)50(17-3)61(96)82-59/h19-20,24-25,27-28,33-34,41-42,46,49-54,59-60H,15-18,21-23,26,29-32,35-40H2,1-14H3,(H,81,93)(H,82,96)(H,83,97)/b20-19-/t41-,42-,46+,49+,50-,51-,52-,53-,54-,59-,60-/m0/s1. The molecular formula is C72H100F8N12O13. The Hall–Kier alpha value is -8.78. The molecule has 1 aliphatic carbocycles. The van der Waals surface area contributed by atoms with E-state index in [9.17, 15) is 55.1 Å². The summed E-state index contributed by atoms with van der Waals surface area (Å²) in [5.74, 6) is -15.5. The highest BCUT2D eigenvalue weighted by Gasteiger charge is 2.53. The monoisotopic (exact) mass is 1490 g/mol. The number of hydrogen-bond donors (Lipinski definition) is 3. The van der Waals surface area contributed by atoms with Gasteiger partial charge in [-0.05, 0) is 106 Å². The highest BCUT2D eigenvalue weighted by Crippen LogP contribution is 2.38. The molecule has 33 heteroatoms. The molecule has 105 heavy (non-hydrogen) atoms. The number of fused-ring (bicyclic) bond motifs is 3.